The van der Waals surface area contributed by atoms with Crippen LogP contribution in [0.15, 0.2) is 83.7 Å². The van der Waals surface area contributed by atoms with Crippen LogP contribution in [-0.2, 0) is 5.41 Å². The van der Waals surface area contributed by atoms with Crippen LogP contribution in [0.4, 0.5) is 0 Å². The molecular weight excluding hydrogens is 470 g/mol. The number of nitrogens with zero attached hydrogens (tertiary/aromatic N) is 3. The van der Waals surface area contributed by atoms with Crippen molar-refractivity contribution in [3.63, 3.8) is 0 Å². The molecule has 6 aromatic rings. The molecule has 1 N–H and O–H groups in total. The first-order valence-corrected chi connectivity index (χ1v) is 12.7. The number of aromatic nitrogens is 3. The summed E-state index contributed by atoms with van der Waals surface area (Å²) in [7, 11) is 0. The van der Waals surface area contributed by atoms with E-state index >= 15 is 0 Å². The van der Waals surface area contributed by atoms with E-state index in [0.29, 0.717) is 17.0 Å². The number of benzene rings is 3. The molecule has 0 unspecified atom stereocenters. The maximum absolute atomic E-state index is 10.7. The van der Waals surface area contributed by atoms with Crippen LogP contribution < -0.4 is 0 Å². The second-order valence-corrected chi connectivity index (χ2v) is 10.9. The smallest absolute Gasteiger partial charge is 0.231 e. The second kappa shape index (κ2) is 8.80. The highest BCUT2D eigenvalue weighted by Crippen LogP contribution is 2.39. The number of rotatable bonds is 3. The summed E-state index contributed by atoms with van der Waals surface area (Å²) in [4.78, 5) is 14.2. The highest BCUT2D eigenvalue weighted by atomic mass is 16.3. The zero-order valence-corrected chi connectivity index (χ0v) is 22.2. The molecule has 0 spiro atoms. The van der Waals surface area contributed by atoms with Crippen LogP contribution in [0, 0.1) is 13.8 Å². The van der Waals surface area contributed by atoms with Gasteiger partial charge in [0, 0.05) is 46.2 Å². The van der Waals surface area contributed by atoms with E-state index in [4.69, 9.17) is 9.40 Å². The number of phenols is 1. The maximum Gasteiger partial charge on any atom is 0.231 e. The van der Waals surface area contributed by atoms with Crippen molar-refractivity contribution in [2.45, 2.75) is 40.0 Å². The Morgan fingerprint density at radius 1 is 0.763 bits per heavy atom. The van der Waals surface area contributed by atoms with Gasteiger partial charge < -0.3 is 9.52 Å². The Bertz CT molecular complexity index is 1840. The van der Waals surface area contributed by atoms with Crippen molar-refractivity contribution < 1.29 is 9.52 Å². The summed E-state index contributed by atoms with van der Waals surface area (Å²) in [6, 6.07) is 20.1. The fraction of sp³-hybridized carbons (Fsp3) is 0.182. The number of fused-ring (bicyclic) bond motifs is 2. The zero-order valence-electron chi connectivity index (χ0n) is 22.2. The van der Waals surface area contributed by atoms with Gasteiger partial charge in [-0.3, -0.25) is 9.97 Å². The number of pyridine rings is 2. The SMILES string of the molecule is Cc1ccnc2c(-c3cncc(-c4ccc(C)c5oc(-c6cc(C(C)(C)C)ccc6O)nc45)c3)cccc12. The van der Waals surface area contributed by atoms with E-state index in [2.05, 4.69) is 68.0 Å². The first-order chi connectivity index (χ1) is 18.2. The minimum atomic E-state index is -0.0728. The maximum atomic E-state index is 10.7. The molecule has 0 atom stereocenters. The van der Waals surface area contributed by atoms with E-state index in [9.17, 15) is 5.11 Å². The first-order valence-electron chi connectivity index (χ1n) is 12.7. The summed E-state index contributed by atoms with van der Waals surface area (Å²) < 4.78 is 6.28. The summed E-state index contributed by atoms with van der Waals surface area (Å²) in [6.07, 6.45) is 5.57. The third-order valence-corrected chi connectivity index (χ3v) is 7.18. The lowest BCUT2D eigenvalue weighted by molar-refractivity contribution is 0.472. The normalized spacial score (nSPS) is 11.9. The van der Waals surface area contributed by atoms with Gasteiger partial charge in [-0.25, -0.2) is 4.98 Å². The van der Waals surface area contributed by atoms with E-state index in [-0.39, 0.29) is 11.2 Å². The highest BCUT2D eigenvalue weighted by molar-refractivity contribution is 5.98. The van der Waals surface area contributed by atoms with Gasteiger partial charge in [-0.15, -0.1) is 0 Å². The third kappa shape index (κ3) is 4.01. The lowest BCUT2D eigenvalue weighted by Crippen LogP contribution is -2.10. The summed E-state index contributed by atoms with van der Waals surface area (Å²) in [6.45, 7) is 10.5. The number of aromatic hydroxyl groups is 1. The minimum absolute atomic E-state index is 0.0728. The van der Waals surface area contributed by atoms with Crippen LogP contribution >= 0.6 is 0 Å². The van der Waals surface area contributed by atoms with Gasteiger partial charge in [0.2, 0.25) is 5.89 Å². The molecule has 188 valence electrons. The largest absolute Gasteiger partial charge is 0.507 e. The molecule has 0 aliphatic heterocycles. The van der Waals surface area contributed by atoms with E-state index in [1.807, 2.05) is 49.8 Å². The Balaban J connectivity index is 1.51. The number of aryl methyl sites for hydroxylation is 2. The molecule has 5 heteroatoms. The number of para-hydroxylation sites is 1. The Hall–Kier alpha value is -4.51. The van der Waals surface area contributed by atoms with Gasteiger partial charge in [0.25, 0.3) is 0 Å². The van der Waals surface area contributed by atoms with Crippen LogP contribution in [-0.4, -0.2) is 20.1 Å². The number of phenolic OH excluding ortho intramolecular Hbond substituents is 1. The molecule has 5 nitrogen and oxygen atoms in total. The van der Waals surface area contributed by atoms with Crippen molar-refractivity contribution >= 4 is 22.0 Å². The van der Waals surface area contributed by atoms with Gasteiger partial charge in [0.1, 0.15) is 11.3 Å². The summed E-state index contributed by atoms with van der Waals surface area (Å²) in [5, 5.41) is 11.8. The van der Waals surface area contributed by atoms with Gasteiger partial charge in [-0.1, -0.05) is 57.2 Å². The monoisotopic (exact) mass is 499 g/mol. The number of oxazole rings is 1. The summed E-state index contributed by atoms with van der Waals surface area (Å²) >= 11 is 0. The molecule has 0 saturated carbocycles. The summed E-state index contributed by atoms with van der Waals surface area (Å²) in [5.41, 5.74) is 10.1. The molecule has 38 heavy (non-hydrogen) atoms. The van der Waals surface area contributed by atoms with Gasteiger partial charge in [-0.2, -0.15) is 0 Å². The molecule has 0 saturated heterocycles. The quantitative estimate of drug-likeness (QED) is 0.265. The predicted octanol–water partition coefficient (Wildman–Crippen LogP) is 8.39. The zero-order chi connectivity index (χ0) is 26.6. The van der Waals surface area contributed by atoms with Crippen LogP contribution in [0.5, 0.6) is 5.75 Å². The topological polar surface area (TPSA) is 72.0 Å². The molecule has 0 radical (unpaired) electrons. The summed E-state index contributed by atoms with van der Waals surface area (Å²) in [5.74, 6) is 0.545. The molecule has 0 aliphatic rings. The second-order valence-electron chi connectivity index (χ2n) is 10.9. The Labute approximate surface area is 221 Å². The van der Waals surface area contributed by atoms with Gasteiger partial charge in [0.15, 0.2) is 5.58 Å². The Morgan fingerprint density at radius 2 is 1.53 bits per heavy atom. The first kappa shape index (κ1) is 23.9. The fourth-order valence-corrected chi connectivity index (χ4v) is 4.94. The van der Waals surface area contributed by atoms with Crippen LogP contribution in [0.2, 0.25) is 0 Å². The molecule has 3 aromatic carbocycles. The highest BCUT2D eigenvalue weighted by Gasteiger charge is 2.21. The van der Waals surface area contributed by atoms with Crippen molar-refractivity contribution in [2.24, 2.45) is 0 Å². The molecule has 0 aliphatic carbocycles. The Kier molecular flexibility index (Phi) is 5.53. The predicted molar refractivity (Wildman–Crippen MR) is 153 cm³/mol. The molecular formula is C33H29N3O2. The fourth-order valence-electron chi connectivity index (χ4n) is 4.94. The number of hydrogen-bond acceptors (Lipinski definition) is 5. The van der Waals surface area contributed by atoms with Gasteiger partial charge in [0.05, 0.1) is 11.1 Å². The minimum Gasteiger partial charge on any atom is -0.507 e. The Morgan fingerprint density at radius 3 is 2.29 bits per heavy atom. The van der Waals surface area contributed by atoms with Crippen LogP contribution in [0.3, 0.4) is 0 Å². The van der Waals surface area contributed by atoms with E-state index in [0.717, 1.165) is 49.8 Å². The molecule has 6 rings (SSSR count). The van der Waals surface area contributed by atoms with Crippen LogP contribution in [0.1, 0.15) is 37.5 Å². The molecule has 0 fully saturated rings. The molecule has 0 bridgehead atoms. The van der Waals surface area contributed by atoms with Crippen molar-refractivity contribution in [3.8, 4) is 39.5 Å². The average molecular weight is 500 g/mol. The molecule has 3 heterocycles. The van der Waals surface area contributed by atoms with Gasteiger partial charge in [-0.05, 0) is 60.2 Å². The number of hydrogen-bond donors (Lipinski definition) is 1. The lowest BCUT2D eigenvalue weighted by Gasteiger charge is -2.19. The van der Waals surface area contributed by atoms with Crippen molar-refractivity contribution in [1.82, 2.24) is 15.0 Å². The third-order valence-electron chi connectivity index (χ3n) is 7.18. The van der Waals surface area contributed by atoms with Crippen molar-refractivity contribution in [2.75, 3.05) is 0 Å². The van der Waals surface area contributed by atoms with Crippen molar-refractivity contribution in [3.05, 3.63) is 95.9 Å². The van der Waals surface area contributed by atoms with Gasteiger partial charge >= 0.3 is 0 Å². The standard InChI is InChI=1S/C33H29N3O2/c1-19-13-14-35-29-24(19)7-6-8-25(29)21-15-22(18-34-17-21)26-11-9-20(2)31-30(26)36-32(38-31)27-16-23(33(3,4)5)10-12-28(27)37/h6-18,37H,1-5H3. The molecule has 0 amide bonds. The molecule has 3 aromatic heterocycles. The average Bonchev–Trinajstić information content (AvgIpc) is 3.35. The van der Waals surface area contributed by atoms with Crippen molar-refractivity contribution in [1.29, 1.82) is 0 Å². The van der Waals surface area contributed by atoms with Crippen LogP contribution in [0.25, 0.3) is 55.7 Å². The van der Waals surface area contributed by atoms with E-state index in [1.165, 1.54) is 5.56 Å². The van der Waals surface area contributed by atoms with E-state index < -0.39 is 0 Å². The van der Waals surface area contributed by atoms with E-state index in [1.54, 1.807) is 6.07 Å². The lowest BCUT2D eigenvalue weighted by atomic mass is 9.86.